The summed E-state index contributed by atoms with van der Waals surface area (Å²) in [4.78, 5) is 48.0. The Labute approximate surface area is 250 Å². The number of rotatable bonds is 11. The first kappa shape index (κ1) is 29.4. The fraction of sp³-hybridized carbons (Fsp3) is 0.406. The van der Waals surface area contributed by atoms with Crippen molar-refractivity contribution in [2.75, 3.05) is 31.1 Å². The number of aliphatic hydroxyl groups excluding tert-OH is 1. The second-order valence-corrected chi connectivity index (χ2v) is 13.5. The lowest BCUT2D eigenvalue weighted by Gasteiger charge is -2.38. The normalized spacial score (nSPS) is 27.9. The zero-order chi connectivity index (χ0) is 29.4. The van der Waals surface area contributed by atoms with E-state index in [1.165, 1.54) is 4.90 Å². The average Bonchev–Trinajstić information content (AvgIpc) is 3.53. The number of hydrogen-bond donors (Lipinski definition) is 1. The van der Waals surface area contributed by atoms with Crippen molar-refractivity contribution in [3.05, 3.63) is 90.5 Å². The van der Waals surface area contributed by atoms with Crippen LogP contribution in [0.5, 0.6) is 0 Å². The summed E-state index contributed by atoms with van der Waals surface area (Å²) in [6.07, 6.45) is 4.66. The maximum absolute atomic E-state index is 14.5. The molecular formula is C32H36ClN3O4S. The quantitative estimate of drug-likeness (QED) is 0.387. The van der Waals surface area contributed by atoms with Gasteiger partial charge in [0.05, 0.1) is 33.9 Å². The number of anilines is 1. The van der Waals surface area contributed by atoms with Gasteiger partial charge in [0.2, 0.25) is 11.8 Å². The smallest absolute Gasteiger partial charge is 0.251 e. The molecule has 41 heavy (non-hydrogen) atoms. The highest BCUT2D eigenvalue weighted by atomic mass is 35.5. The monoisotopic (exact) mass is 593 g/mol. The molecule has 3 aliphatic heterocycles. The SMILES string of the molecule is C=CCN(Cc1ccccc1)C(=O)[C@H]1[C@H]2C(=O)N(CCO)C(C(=O)N(CC=C)c3ccccc3Cl)C23CC[C@]1(C)S3. The number of nitrogens with zero attached hydrogens (tertiary/aromatic N) is 3. The predicted octanol–water partition coefficient (Wildman–Crippen LogP) is 4.55. The number of amides is 3. The van der Waals surface area contributed by atoms with Crippen molar-refractivity contribution in [1.82, 2.24) is 9.80 Å². The number of aliphatic hydroxyl groups is 1. The number of hydrogen-bond acceptors (Lipinski definition) is 5. The molecule has 0 aliphatic carbocycles. The van der Waals surface area contributed by atoms with Gasteiger partial charge in [0.25, 0.3) is 5.91 Å². The Morgan fingerprint density at radius 3 is 2.41 bits per heavy atom. The number of likely N-dealkylation sites (tertiary alicyclic amines) is 1. The molecule has 3 heterocycles. The molecule has 0 aromatic heterocycles. The van der Waals surface area contributed by atoms with Crippen LogP contribution in [0.4, 0.5) is 5.69 Å². The molecule has 7 nitrogen and oxygen atoms in total. The van der Waals surface area contributed by atoms with Crippen molar-refractivity contribution in [1.29, 1.82) is 0 Å². The molecule has 2 unspecified atom stereocenters. The molecule has 0 radical (unpaired) electrons. The lowest BCUT2D eigenvalue weighted by Crippen LogP contribution is -2.55. The number of carbonyl (C=O) groups excluding carboxylic acids is 3. The Bertz CT molecular complexity index is 1360. The Balaban J connectivity index is 1.55. The van der Waals surface area contributed by atoms with Crippen LogP contribution in [0, 0.1) is 11.8 Å². The molecule has 0 saturated carbocycles. The van der Waals surface area contributed by atoms with Gasteiger partial charge in [0.1, 0.15) is 6.04 Å². The lowest BCUT2D eigenvalue weighted by atomic mass is 9.66. The van der Waals surface area contributed by atoms with Gasteiger partial charge in [-0.1, -0.05) is 66.2 Å². The highest BCUT2D eigenvalue weighted by Gasteiger charge is 2.77. The summed E-state index contributed by atoms with van der Waals surface area (Å²) in [5.74, 6) is -1.92. The van der Waals surface area contributed by atoms with Gasteiger partial charge in [-0.25, -0.2) is 0 Å². The molecule has 3 fully saturated rings. The molecule has 5 rings (SSSR count). The first-order valence-corrected chi connectivity index (χ1v) is 15.1. The maximum atomic E-state index is 14.5. The van der Waals surface area contributed by atoms with Gasteiger partial charge in [-0.15, -0.1) is 24.9 Å². The van der Waals surface area contributed by atoms with E-state index < -0.39 is 27.4 Å². The molecule has 2 bridgehead atoms. The van der Waals surface area contributed by atoms with E-state index in [0.29, 0.717) is 36.6 Å². The van der Waals surface area contributed by atoms with Crippen LogP contribution in [0.1, 0.15) is 25.3 Å². The van der Waals surface area contributed by atoms with Crippen LogP contribution in [-0.4, -0.2) is 74.4 Å². The van der Waals surface area contributed by atoms with Gasteiger partial charge in [-0.2, -0.15) is 0 Å². The number of benzene rings is 2. The van der Waals surface area contributed by atoms with Crippen LogP contribution in [0.2, 0.25) is 5.02 Å². The topological polar surface area (TPSA) is 81.2 Å². The summed E-state index contributed by atoms with van der Waals surface area (Å²) in [5.41, 5.74) is 1.53. The number of carbonyl (C=O) groups is 3. The van der Waals surface area contributed by atoms with E-state index >= 15 is 0 Å². The van der Waals surface area contributed by atoms with E-state index in [1.807, 2.05) is 36.4 Å². The third kappa shape index (κ3) is 4.90. The van der Waals surface area contributed by atoms with Crippen molar-refractivity contribution in [2.24, 2.45) is 11.8 Å². The number of halogens is 1. The highest BCUT2D eigenvalue weighted by Crippen LogP contribution is 2.71. The molecule has 216 valence electrons. The average molecular weight is 594 g/mol. The maximum Gasteiger partial charge on any atom is 0.251 e. The highest BCUT2D eigenvalue weighted by molar-refractivity contribution is 8.02. The fourth-order valence-electron chi connectivity index (χ4n) is 7.07. The molecule has 9 heteroatoms. The zero-order valence-corrected chi connectivity index (χ0v) is 24.8. The summed E-state index contributed by atoms with van der Waals surface area (Å²) < 4.78 is -1.31. The van der Waals surface area contributed by atoms with Crippen molar-refractivity contribution in [3.8, 4) is 0 Å². The van der Waals surface area contributed by atoms with E-state index in [2.05, 4.69) is 20.1 Å². The molecule has 2 aromatic rings. The number of fused-ring (bicyclic) bond motifs is 1. The minimum Gasteiger partial charge on any atom is -0.395 e. The lowest BCUT2D eigenvalue weighted by molar-refractivity contribution is -0.145. The summed E-state index contributed by atoms with van der Waals surface area (Å²) in [6, 6.07) is 16.0. The van der Waals surface area contributed by atoms with Gasteiger partial charge in [0.15, 0.2) is 0 Å². The van der Waals surface area contributed by atoms with Crippen LogP contribution in [0.25, 0.3) is 0 Å². The minimum absolute atomic E-state index is 0.0104. The number of β-amino-alcohol motifs (C(OH)–C–C–N with tert-alkyl or cyclic N) is 1. The fourth-order valence-corrected chi connectivity index (χ4v) is 9.65. The van der Waals surface area contributed by atoms with E-state index in [0.717, 1.165) is 5.56 Å². The Morgan fingerprint density at radius 2 is 1.76 bits per heavy atom. The molecular weight excluding hydrogens is 558 g/mol. The van der Waals surface area contributed by atoms with E-state index in [1.54, 1.807) is 51.9 Å². The van der Waals surface area contributed by atoms with Crippen molar-refractivity contribution >= 4 is 46.8 Å². The zero-order valence-electron chi connectivity index (χ0n) is 23.2. The minimum atomic E-state index is -0.852. The Hall–Kier alpha value is -3.07. The largest absolute Gasteiger partial charge is 0.395 e. The van der Waals surface area contributed by atoms with Crippen LogP contribution in [0.3, 0.4) is 0 Å². The summed E-state index contributed by atoms with van der Waals surface area (Å²) >= 11 is 8.14. The van der Waals surface area contributed by atoms with Gasteiger partial charge >= 0.3 is 0 Å². The third-order valence-corrected chi connectivity index (χ3v) is 11.0. The van der Waals surface area contributed by atoms with Crippen molar-refractivity contribution in [3.63, 3.8) is 0 Å². The second kappa shape index (κ2) is 11.7. The van der Waals surface area contributed by atoms with Gasteiger partial charge in [-0.3, -0.25) is 14.4 Å². The third-order valence-electron chi connectivity index (χ3n) is 8.72. The molecule has 1 spiro atoms. The molecule has 3 aliphatic rings. The van der Waals surface area contributed by atoms with Gasteiger partial charge in [-0.05, 0) is 37.5 Å². The van der Waals surface area contributed by atoms with E-state index in [4.69, 9.17) is 11.6 Å². The molecule has 5 atom stereocenters. The predicted molar refractivity (Wildman–Crippen MR) is 164 cm³/mol. The Kier molecular flexibility index (Phi) is 8.37. The van der Waals surface area contributed by atoms with Crippen LogP contribution in [-0.2, 0) is 20.9 Å². The van der Waals surface area contributed by atoms with Crippen molar-refractivity contribution < 1.29 is 19.5 Å². The first-order chi connectivity index (χ1) is 19.7. The Morgan fingerprint density at radius 1 is 1.07 bits per heavy atom. The first-order valence-electron chi connectivity index (χ1n) is 13.9. The molecule has 3 saturated heterocycles. The standard InChI is InChI=1S/C32H36ClN3O4S/c1-4-17-34(21-22-11-7-6-8-12-22)28(38)25-26-29(39)36(19-20-37)27(32(26)16-15-31(25,3)41-32)30(40)35(18-5-2)24-14-10-9-13-23(24)33/h4-14,25-27,37H,1-2,15-21H2,3H3/t25-,26+,27?,31+,32?/m1/s1. The number of thioether (sulfide) groups is 1. The van der Waals surface area contributed by atoms with Crippen LogP contribution < -0.4 is 4.90 Å². The van der Waals surface area contributed by atoms with Gasteiger partial charge in [0, 0.05) is 30.9 Å². The van der Waals surface area contributed by atoms with E-state index in [9.17, 15) is 19.5 Å². The summed E-state index contributed by atoms with van der Waals surface area (Å²) in [5, 5.41) is 10.4. The van der Waals surface area contributed by atoms with Gasteiger partial charge < -0.3 is 19.8 Å². The summed E-state index contributed by atoms with van der Waals surface area (Å²) in [7, 11) is 0. The molecule has 3 amide bonds. The van der Waals surface area contributed by atoms with Crippen LogP contribution in [0.15, 0.2) is 79.9 Å². The molecule has 2 aromatic carbocycles. The van der Waals surface area contributed by atoms with Crippen LogP contribution >= 0.6 is 23.4 Å². The number of para-hydroxylation sites is 1. The summed E-state index contributed by atoms with van der Waals surface area (Å²) in [6.45, 7) is 10.4. The van der Waals surface area contributed by atoms with E-state index in [-0.39, 0.29) is 37.4 Å². The van der Waals surface area contributed by atoms with Crippen molar-refractivity contribution in [2.45, 2.75) is 41.8 Å². The second-order valence-electron chi connectivity index (χ2n) is 11.2. The molecule has 1 N–H and O–H groups in total.